The van der Waals surface area contributed by atoms with Gasteiger partial charge in [-0.15, -0.1) is 10.2 Å². The largest absolute Gasteiger partial charge is 0.369 e. The minimum Gasteiger partial charge on any atom is -0.369 e. The fourth-order valence-corrected chi connectivity index (χ4v) is 4.30. The number of aromatic nitrogens is 5. The molecule has 0 radical (unpaired) electrons. The number of hydrogen-bond acceptors (Lipinski definition) is 6. The summed E-state index contributed by atoms with van der Waals surface area (Å²) in [5, 5.41) is 15.6. The molecule has 1 aliphatic rings. The maximum absolute atomic E-state index is 13.5. The lowest BCUT2D eigenvalue weighted by Crippen LogP contribution is -2.29. The van der Waals surface area contributed by atoms with Crippen molar-refractivity contribution in [2.45, 2.75) is 52.6 Å². The maximum Gasteiger partial charge on any atom is 0.270 e. The first kappa shape index (κ1) is 23.5. The van der Waals surface area contributed by atoms with Gasteiger partial charge in [0.1, 0.15) is 11.5 Å². The Morgan fingerprint density at radius 2 is 1.91 bits per heavy atom. The molecule has 2 aromatic heterocycles. The number of carbonyl (C=O) groups excluding carboxylic acids is 2. The van der Waals surface area contributed by atoms with E-state index in [9.17, 15) is 14.0 Å². The Labute approximate surface area is 197 Å². The number of tetrazole rings is 1. The van der Waals surface area contributed by atoms with E-state index in [1.165, 1.54) is 6.07 Å². The van der Waals surface area contributed by atoms with Gasteiger partial charge in [-0.1, -0.05) is 12.1 Å². The van der Waals surface area contributed by atoms with Gasteiger partial charge in [-0.2, -0.15) is 4.80 Å². The summed E-state index contributed by atoms with van der Waals surface area (Å²) in [6, 6.07) is 8.17. The van der Waals surface area contributed by atoms with E-state index in [1.807, 2.05) is 0 Å². The fourth-order valence-electron chi connectivity index (χ4n) is 4.30. The third-order valence-corrected chi connectivity index (χ3v) is 6.24. The standard InChI is InChI=1S/C24H28FN7O2/c1-14-9-17(5-8-20(14)25)12-27-24(34)21-11-19(10-15(2)28-21)23-29-31-32(30-23)13-16-3-6-18(7-4-16)22(26)33/h5,8-11,16,18H,3-4,6-7,12-13H2,1-2H3,(H2,26,33)(H,27,34). The highest BCUT2D eigenvalue weighted by Gasteiger charge is 2.25. The third-order valence-electron chi connectivity index (χ3n) is 6.24. The summed E-state index contributed by atoms with van der Waals surface area (Å²) < 4.78 is 13.5. The highest BCUT2D eigenvalue weighted by Crippen LogP contribution is 2.29. The van der Waals surface area contributed by atoms with Crippen molar-refractivity contribution in [3.8, 4) is 11.4 Å². The van der Waals surface area contributed by atoms with E-state index in [0.29, 0.717) is 35.1 Å². The summed E-state index contributed by atoms with van der Waals surface area (Å²) in [6.45, 7) is 4.36. The van der Waals surface area contributed by atoms with Crippen LogP contribution in [0.3, 0.4) is 0 Å². The average Bonchev–Trinajstić information content (AvgIpc) is 3.28. The molecule has 1 aliphatic carbocycles. The molecule has 2 heterocycles. The zero-order valence-corrected chi connectivity index (χ0v) is 19.3. The van der Waals surface area contributed by atoms with Gasteiger partial charge in [-0.25, -0.2) is 9.37 Å². The molecule has 2 amide bonds. The van der Waals surface area contributed by atoms with E-state index in [2.05, 4.69) is 25.7 Å². The van der Waals surface area contributed by atoms with Crippen LogP contribution in [0.15, 0.2) is 30.3 Å². The number of nitrogens with one attached hydrogen (secondary N) is 1. The summed E-state index contributed by atoms with van der Waals surface area (Å²) >= 11 is 0. The van der Waals surface area contributed by atoms with Crippen molar-refractivity contribution in [1.82, 2.24) is 30.5 Å². The van der Waals surface area contributed by atoms with Crippen LogP contribution in [0.25, 0.3) is 11.4 Å². The number of amides is 2. The second kappa shape index (κ2) is 10.1. The van der Waals surface area contributed by atoms with Gasteiger partial charge in [-0.05, 0) is 80.0 Å². The highest BCUT2D eigenvalue weighted by atomic mass is 19.1. The van der Waals surface area contributed by atoms with Crippen molar-refractivity contribution in [2.75, 3.05) is 0 Å². The predicted octanol–water partition coefficient (Wildman–Crippen LogP) is 2.71. The van der Waals surface area contributed by atoms with Crippen molar-refractivity contribution < 1.29 is 14.0 Å². The maximum atomic E-state index is 13.5. The molecule has 0 bridgehead atoms. The number of rotatable bonds is 7. The Hall–Kier alpha value is -3.69. The molecule has 0 atom stereocenters. The van der Waals surface area contributed by atoms with Crippen LogP contribution in [0, 0.1) is 31.5 Å². The molecular formula is C24H28FN7O2. The molecule has 9 nitrogen and oxygen atoms in total. The van der Waals surface area contributed by atoms with E-state index in [1.54, 1.807) is 42.9 Å². The van der Waals surface area contributed by atoms with Gasteiger partial charge in [0.05, 0.1) is 6.54 Å². The summed E-state index contributed by atoms with van der Waals surface area (Å²) in [7, 11) is 0. The average molecular weight is 466 g/mol. The van der Waals surface area contributed by atoms with Crippen LogP contribution in [0.2, 0.25) is 0 Å². The van der Waals surface area contributed by atoms with E-state index in [-0.39, 0.29) is 35.8 Å². The van der Waals surface area contributed by atoms with Gasteiger partial charge in [0, 0.05) is 23.7 Å². The molecule has 0 unspecified atom stereocenters. The summed E-state index contributed by atoms with van der Waals surface area (Å²) in [4.78, 5) is 30.0. The van der Waals surface area contributed by atoms with Crippen LogP contribution in [0.5, 0.6) is 0 Å². The van der Waals surface area contributed by atoms with E-state index >= 15 is 0 Å². The Kier molecular flexibility index (Phi) is 6.95. The van der Waals surface area contributed by atoms with Crippen molar-refractivity contribution in [3.63, 3.8) is 0 Å². The minimum absolute atomic E-state index is 0.0352. The molecule has 1 fully saturated rings. The SMILES string of the molecule is Cc1cc(-c2nnn(CC3CCC(C(N)=O)CC3)n2)cc(C(=O)NCc2ccc(F)c(C)c2)n1. The summed E-state index contributed by atoms with van der Waals surface area (Å²) in [6.07, 6.45) is 3.38. The number of nitrogens with two attached hydrogens (primary N) is 1. The Bertz CT molecular complexity index is 1200. The highest BCUT2D eigenvalue weighted by molar-refractivity contribution is 5.93. The molecule has 34 heavy (non-hydrogen) atoms. The zero-order valence-electron chi connectivity index (χ0n) is 19.3. The van der Waals surface area contributed by atoms with Gasteiger partial charge >= 0.3 is 0 Å². The lowest BCUT2D eigenvalue weighted by atomic mass is 9.82. The molecule has 0 saturated heterocycles. The van der Waals surface area contributed by atoms with Crippen molar-refractivity contribution >= 4 is 11.8 Å². The fraction of sp³-hybridized carbons (Fsp3) is 0.417. The monoisotopic (exact) mass is 465 g/mol. The first-order valence-electron chi connectivity index (χ1n) is 11.4. The van der Waals surface area contributed by atoms with E-state index < -0.39 is 0 Å². The number of primary amides is 1. The second-order valence-electron chi connectivity index (χ2n) is 8.94. The number of benzene rings is 1. The Morgan fingerprint density at radius 3 is 2.62 bits per heavy atom. The zero-order chi connectivity index (χ0) is 24.2. The Morgan fingerprint density at radius 1 is 1.15 bits per heavy atom. The molecule has 0 spiro atoms. The molecule has 1 saturated carbocycles. The lowest BCUT2D eigenvalue weighted by Gasteiger charge is -2.25. The number of nitrogens with zero attached hydrogens (tertiary/aromatic N) is 5. The summed E-state index contributed by atoms with van der Waals surface area (Å²) in [5.74, 6) is -0.0930. The lowest BCUT2D eigenvalue weighted by molar-refractivity contribution is -0.123. The van der Waals surface area contributed by atoms with Crippen molar-refractivity contribution in [1.29, 1.82) is 0 Å². The topological polar surface area (TPSA) is 129 Å². The molecule has 178 valence electrons. The molecule has 0 aliphatic heterocycles. The van der Waals surface area contributed by atoms with Gasteiger partial charge in [0.25, 0.3) is 5.91 Å². The van der Waals surface area contributed by atoms with Crippen LogP contribution < -0.4 is 11.1 Å². The molecule has 4 rings (SSSR count). The van der Waals surface area contributed by atoms with Crippen LogP contribution in [0.1, 0.15) is 53.0 Å². The first-order chi connectivity index (χ1) is 16.3. The minimum atomic E-state index is -0.342. The van der Waals surface area contributed by atoms with Gasteiger partial charge in [0.15, 0.2) is 0 Å². The molecule has 3 N–H and O–H groups in total. The Balaban J connectivity index is 1.41. The van der Waals surface area contributed by atoms with E-state index in [0.717, 1.165) is 31.2 Å². The smallest absolute Gasteiger partial charge is 0.270 e. The second-order valence-corrected chi connectivity index (χ2v) is 8.94. The number of pyridine rings is 1. The number of aryl methyl sites for hydroxylation is 2. The first-order valence-corrected chi connectivity index (χ1v) is 11.4. The van der Waals surface area contributed by atoms with Gasteiger partial charge in [0.2, 0.25) is 11.7 Å². The van der Waals surface area contributed by atoms with Gasteiger partial charge < -0.3 is 11.1 Å². The van der Waals surface area contributed by atoms with Crippen LogP contribution in [-0.2, 0) is 17.9 Å². The molecule has 1 aromatic carbocycles. The predicted molar refractivity (Wildman–Crippen MR) is 123 cm³/mol. The number of hydrogen-bond donors (Lipinski definition) is 2. The van der Waals surface area contributed by atoms with Gasteiger partial charge in [-0.3, -0.25) is 9.59 Å². The van der Waals surface area contributed by atoms with Crippen LogP contribution in [0.4, 0.5) is 4.39 Å². The molecule has 3 aromatic rings. The molecular weight excluding hydrogens is 437 g/mol. The quantitative estimate of drug-likeness (QED) is 0.552. The van der Waals surface area contributed by atoms with E-state index in [4.69, 9.17) is 5.73 Å². The van der Waals surface area contributed by atoms with Crippen molar-refractivity contribution in [3.05, 3.63) is 58.7 Å². The number of carbonyl (C=O) groups is 2. The molecule has 10 heteroatoms. The normalized spacial score (nSPS) is 18.0. The third kappa shape index (κ3) is 5.62. The van der Waals surface area contributed by atoms with Crippen LogP contribution >= 0.6 is 0 Å². The number of halogens is 1. The van der Waals surface area contributed by atoms with Crippen molar-refractivity contribution in [2.24, 2.45) is 17.6 Å². The van der Waals surface area contributed by atoms with Crippen LogP contribution in [-0.4, -0.2) is 37.0 Å². The summed E-state index contributed by atoms with van der Waals surface area (Å²) in [5.41, 5.74) is 8.29.